The lowest BCUT2D eigenvalue weighted by atomic mass is 10.2. The first-order chi connectivity index (χ1) is 11.0. The zero-order valence-electron chi connectivity index (χ0n) is 13.5. The molecule has 5 nitrogen and oxygen atoms in total. The van der Waals surface area contributed by atoms with E-state index in [-0.39, 0.29) is 17.9 Å². The predicted molar refractivity (Wildman–Crippen MR) is 92.1 cm³/mol. The predicted octanol–water partition coefficient (Wildman–Crippen LogP) is 2.52. The molecule has 0 saturated heterocycles. The van der Waals surface area contributed by atoms with E-state index in [1.807, 2.05) is 42.5 Å². The van der Waals surface area contributed by atoms with Crippen molar-refractivity contribution in [3.63, 3.8) is 0 Å². The summed E-state index contributed by atoms with van der Waals surface area (Å²) in [4.78, 5) is 11.8. The van der Waals surface area contributed by atoms with Gasteiger partial charge in [-0.2, -0.15) is 0 Å². The summed E-state index contributed by atoms with van der Waals surface area (Å²) >= 11 is 0. The Morgan fingerprint density at radius 2 is 2.04 bits per heavy atom. The van der Waals surface area contributed by atoms with E-state index in [0.717, 1.165) is 5.56 Å². The lowest BCUT2D eigenvalue weighted by Crippen LogP contribution is -2.35. The Balaban J connectivity index is 1.70. The van der Waals surface area contributed by atoms with E-state index in [2.05, 4.69) is 23.9 Å². The average molecular weight is 336 g/mol. The number of carbonyl (C=O) groups excluding carboxylic acids is 1. The van der Waals surface area contributed by atoms with Crippen LogP contribution in [0, 0.1) is 5.92 Å². The van der Waals surface area contributed by atoms with Crippen LogP contribution in [-0.2, 0) is 22.3 Å². The Hall–Kier alpha value is -1.66. The summed E-state index contributed by atoms with van der Waals surface area (Å²) in [7, 11) is -1.11. The molecule has 0 aromatic heterocycles. The second-order valence-electron chi connectivity index (χ2n) is 6.01. The Morgan fingerprint density at radius 3 is 2.74 bits per heavy atom. The number of alkyl carbamates (subject to hydrolysis) is 1. The van der Waals surface area contributed by atoms with Crippen molar-refractivity contribution in [2.24, 2.45) is 5.92 Å². The van der Waals surface area contributed by atoms with Gasteiger partial charge in [0.2, 0.25) is 0 Å². The molecule has 0 fully saturated rings. The second-order valence-corrected chi connectivity index (χ2v) is 7.50. The van der Waals surface area contributed by atoms with Gasteiger partial charge in [-0.15, -0.1) is 0 Å². The molecular weight excluding hydrogens is 312 g/mol. The maximum absolute atomic E-state index is 12.1. The monoisotopic (exact) mass is 336 g/mol. The molecule has 2 N–H and O–H groups in total. The highest BCUT2D eigenvalue weighted by Gasteiger charge is 2.25. The quantitative estimate of drug-likeness (QED) is 0.752. The molecule has 1 aliphatic carbocycles. The minimum absolute atomic E-state index is 0.0758. The number of amides is 1. The number of benzene rings is 1. The zero-order chi connectivity index (χ0) is 16.7. The third-order valence-corrected chi connectivity index (χ3v) is 4.82. The maximum atomic E-state index is 12.1. The van der Waals surface area contributed by atoms with Gasteiger partial charge < -0.3 is 10.1 Å². The van der Waals surface area contributed by atoms with Crippen molar-refractivity contribution in [1.82, 2.24) is 10.0 Å². The molecule has 3 atom stereocenters. The van der Waals surface area contributed by atoms with Crippen molar-refractivity contribution in [2.75, 3.05) is 6.54 Å². The van der Waals surface area contributed by atoms with Gasteiger partial charge in [0.15, 0.2) is 0 Å². The van der Waals surface area contributed by atoms with Gasteiger partial charge in [0.1, 0.15) is 6.61 Å². The minimum atomic E-state index is -1.11. The number of hydrogen-bond donors (Lipinski definition) is 2. The summed E-state index contributed by atoms with van der Waals surface area (Å²) in [6, 6.07) is 9.40. The molecule has 2 rings (SSSR count). The zero-order valence-corrected chi connectivity index (χ0v) is 14.3. The smallest absolute Gasteiger partial charge is 0.407 e. The van der Waals surface area contributed by atoms with Gasteiger partial charge in [-0.05, 0) is 17.9 Å². The van der Waals surface area contributed by atoms with Crippen LogP contribution in [0.4, 0.5) is 4.79 Å². The van der Waals surface area contributed by atoms with Crippen LogP contribution < -0.4 is 10.0 Å². The van der Waals surface area contributed by atoms with Crippen LogP contribution in [0.5, 0.6) is 0 Å². The fraction of sp³-hybridized carbons (Fsp3) is 0.471. The van der Waals surface area contributed by atoms with Crippen molar-refractivity contribution in [3.8, 4) is 0 Å². The van der Waals surface area contributed by atoms with Gasteiger partial charge in [-0.3, -0.25) is 0 Å². The summed E-state index contributed by atoms with van der Waals surface area (Å²) in [5.41, 5.74) is 0.946. The molecule has 0 bridgehead atoms. The van der Waals surface area contributed by atoms with Gasteiger partial charge in [-0.25, -0.2) is 13.7 Å². The third-order valence-electron chi connectivity index (χ3n) is 3.47. The molecular formula is C17H24N2O3S. The van der Waals surface area contributed by atoms with E-state index in [1.54, 1.807) is 0 Å². The number of nitrogens with one attached hydrogen (secondary N) is 2. The summed E-state index contributed by atoms with van der Waals surface area (Å²) in [6.07, 6.45) is 3.94. The summed E-state index contributed by atoms with van der Waals surface area (Å²) in [5, 5.41) is 2.71. The average Bonchev–Trinajstić information content (AvgIpc) is 3.00. The van der Waals surface area contributed by atoms with Gasteiger partial charge in [0, 0.05) is 6.54 Å². The number of hydrogen-bond acceptors (Lipinski definition) is 3. The Morgan fingerprint density at radius 1 is 1.30 bits per heavy atom. The third kappa shape index (κ3) is 6.15. The van der Waals surface area contributed by atoms with E-state index in [4.69, 9.17) is 4.74 Å². The first-order valence-electron chi connectivity index (χ1n) is 7.84. The molecule has 0 aliphatic heterocycles. The minimum Gasteiger partial charge on any atom is -0.445 e. The van der Waals surface area contributed by atoms with Crippen molar-refractivity contribution in [1.29, 1.82) is 0 Å². The lowest BCUT2D eigenvalue weighted by Gasteiger charge is -2.15. The molecule has 1 aromatic rings. The van der Waals surface area contributed by atoms with Crippen LogP contribution in [0.3, 0.4) is 0 Å². The topological polar surface area (TPSA) is 67.4 Å². The van der Waals surface area contributed by atoms with Crippen molar-refractivity contribution < 1.29 is 13.7 Å². The Labute approximate surface area is 140 Å². The van der Waals surface area contributed by atoms with Crippen molar-refractivity contribution in [3.05, 3.63) is 48.0 Å². The highest BCUT2D eigenvalue weighted by atomic mass is 32.2. The molecule has 0 spiro atoms. The second kappa shape index (κ2) is 8.84. The highest BCUT2D eigenvalue weighted by Crippen LogP contribution is 2.16. The van der Waals surface area contributed by atoms with Crippen LogP contribution in [-0.4, -0.2) is 28.1 Å². The van der Waals surface area contributed by atoms with E-state index in [9.17, 15) is 9.00 Å². The van der Waals surface area contributed by atoms with E-state index >= 15 is 0 Å². The molecule has 1 aliphatic rings. The standard InChI is InChI=1S/C17H24N2O3S/c1-13(2)11-18-23(21)16-9-8-15(10-16)19-17(20)22-12-14-6-4-3-5-7-14/h3-9,13,15-16,18H,10-12H2,1-2H3,(H,19,20)/t15-,16+,23?/m1/s1. The molecule has 0 radical (unpaired) electrons. The first-order valence-corrected chi connectivity index (χ1v) is 9.05. The molecule has 1 unspecified atom stereocenters. The van der Waals surface area contributed by atoms with Crippen LogP contribution >= 0.6 is 0 Å². The first kappa shape index (κ1) is 17.7. The summed E-state index contributed by atoms with van der Waals surface area (Å²) in [6.45, 7) is 5.10. The molecule has 0 saturated carbocycles. The van der Waals surface area contributed by atoms with Gasteiger partial charge in [-0.1, -0.05) is 56.3 Å². The number of rotatable bonds is 7. The van der Waals surface area contributed by atoms with Crippen LogP contribution in [0.25, 0.3) is 0 Å². The van der Waals surface area contributed by atoms with Gasteiger partial charge in [0.05, 0.1) is 22.3 Å². The van der Waals surface area contributed by atoms with E-state index in [0.29, 0.717) is 18.9 Å². The van der Waals surface area contributed by atoms with Gasteiger partial charge >= 0.3 is 6.09 Å². The largest absolute Gasteiger partial charge is 0.445 e. The molecule has 126 valence electrons. The Kier molecular flexibility index (Phi) is 6.80. The number of ether oxygens (including phenoxy) is 1. The molecule has 1 aromatic carbocycles. The van der Waals surface area contributed by atoms with Crippen LogP contribution in [0.15, 0.2) is 42.5 Å². The molecule has 23 heavy (non-hydrogen) atoms. The van der Waals surface area contributed by atoms with Crippen molar-refractivity contribution in [2.45, 2.75) is 38.2 Å². The van der Waals surface area contributed by atoms with E-state index < -0.39 is 17.1 Å². The normalized spacial score (nSPS) is 21.3. The molecule has 1 amide bonds. The van der Waals surface area contributed by atoms with Crippen LogP contribution in [0.1, 0.15) is 25.8 Å². The van der Waals surface area contributed by atoms with Crippen LogP contribution in [0.2, 0.25) is 0 Å². The summed E-state index contributed by atoms with van der Waals surface area (Å²) < 4.78 is 20.3. The SMILES string of the molecule is CC(C)CNS(=O)[C@H]1C=C[C@@H](NC(=O)OCc2ccccc2)C1. The van der Waals surface area contributed by atoms with Gasteiger partial charge in [0.25, 0.3) is 0 Å². The highest BCUT2D eigenvalue weighted by molar-refractivity contribution is 7.83. The maximum Gasteiger partial charge on any atom is 0.407 e. The molecule has 0 heterocycles. The summed E-state index contributed by atoms with van der Waals surface area (Å²) in [5.74, 6) is 0.450. The fourth-order valence-corrected chi connectivity index (χ4v) is 3.53. The lowest BCUT2D eigenvalue weighted by molar-refractivity contribution is 0.137. The fourth-order valence-electron chi connectivity index (χ4n) is 2.20. The van der Waals surface area contributed by atoms with E-state index in [1.165, 1.54) is 0 Å². The molecule has 6 heteroatoms. The van der Waals surface area contributed by atoms with Crippen molar-refractivity contribution >= 4 is 17.1 Å². The number of carbonyl (C=O) groups is 1. The Bertz CT molecular complexity index is 560.